The van der Waals surface area contributed by atoms with Gasteiger partial charge < -0.3 is 9.53 Å². The Morgan fingerprint density at radius 3 is 2.44 bits per heavy atom. The van der Waals surface area contributed by atoms with Gasteiger partial charge in [0.15, 0.2) is 8.32 Å². The zero-order valence-corrected chi connectivity index (χ0v) is 17.5. The van der Waals surface area contributed by atoms with Crippen LogP contribution in [0.5, 0.6) is 0 Å². The van der Waals surface area contributed by atoms with Gasteiger partial charge in [-0.15, -0.1) is 0 Å². The number of aliphatic hydroxyl groups is 1. The number of benzene rings is 1. The molecule has 0 aromatic heterocycles. The molecule has 2 nitrogen and oxygen atoms in total. The third-order valence-corrected chi connectivity index (χ3v) is 10.8. The van der Waals surface area contributed by atoms with Crippen LogP contribution >= 0.6 is 0 Å². The van der Waals surface area contributed by atoms with E-state index in [0.717, 1.165) is 19.3 Å². The lowest BCUT2D eigenvalue weighted by Crippen LogP contribution is -2.46. The predicted molar refractivity (Wildman–Crippen MR) is 109 cm³/mol. The van der Waals surface area contributed by atoms with E-state index in [-0.39, 0.29) is 10.5 Å². The minimum absolute atomic E-state index is 0.197. The molecule has 0 spiro atoms. The molecule has 1 aliphatic rings. The Morgan fingerprint density at radius 2 is 1.88 bits per heavy atom. The molecule has 2 atom stereocenters. The summed E-state index contributed by atoms with van der Waals surface area (Å²) in [7, 11) is -1.79. The molecular weight excluding hydrogens is 324 g/mol. The summed E-state index contributed by atoms with van der Waals surface area (Å²) in [4.78, 5) is 0. The lowest BCUT2D eigenvalue weighted by molar-refractivity contribution is -0.00792. The maximum Gasteiger partial charge on any atom is 0.191 e. The van der Waals surface area contributed by atoms with E-state index in [4.69, 9.17) is 4.43 Å². The Kier molecular flexibility index (Phi) is 5.82. The average molecular weight is 359 g/mol. The summed E-state index contributed by atoms with van der Waals surface area (Å²) in [5.74, 6) is 0. The lowest BCUT2D eigenvalue weighted by atomic mass is 9.67. The van der Waals surface area contributed by atoms with E-state index in [9.17, 15) is 5.11 Å². The molecule has 2 rings (SSSR count). The first kappa shape index (κ1) is 20.2. The van der Waals surface area contributed by atoms with Crippen molar-refractivity contribution in [1.29, 1.82) is 0 Å². The van der Waals surface area contributed by atoms with Gasteiger partial charge in [-0.3, -0.25) is 0 Å². The summed E-state index contributed by atoms with van der Waals surface area (Å²) in [6.45, 7) is 15.9. The second-order valence-corrected chi connectivity index (χ2v) is 13.7. The SMILES string of the molecule is C=C[C@@]1(O)C=CC[C@@]1(CCO[Si](C)(C)C(C)(C)C)Cc1ccccc1. The molecule has 138 valence electrons. The molecule has 1 aliphatic carbocycles. The maximum atomic E-state index is 11.2. The molecule has 0 fully saturated rings. The van der Waals surface area contributed by atoms with Crippen molar-refractivity contribution in [1.82, 2.24) is 0 Å². The molecule has 0 heterocycles. The van der Waals surface area contributed by atoms with Crippen LogP contribution in [0, 0.1) is 5.41 Å². The average Bonchev–Trinajstić information content (AvgIpc) is 2.84. The first-order valence-corrected chi connectivity index (χ1v) is 12.2. The molecule has 0 bridgehead atoms. The minimum Gasteiger partial charge on any atom is -0.417 e. The summed E-state index contributed by atoms with van der Waals surface area (Å²) >= 11 is 0. The zero-order valence-electron chi connectivity index (χ0n) is 16.5. The Morgan fingerprint density at radius 1 is 1.24 bits per heavy atom. The van der Waals surface area contributed by atoms with Crippen LogP contribution in [0.1, 0.15) is 39.2 Å². The fourth-order valence-electron chi connectivity index (χ4n) is 3.40. The van der Waals surface area contributed by atoms with Gasteiger partial charge in [0, 0.05) is 12.0 Å². The Hall–Kier alpha value is -1.16. The van der Waals surface area contributed by atoms with Gasteiger partial charge in [0.05, 0.1) is 0 Å². The Balaban J connectivity index is 2.18. The number of rotatable bonds is 7. The van der Waals surface area contributed by atoms with Crippen molar-refractivity contribution in [2.45, 2.75) is 63.8 Å². The first-order chi connectivity index (χ1) is 11.6. The van der Waals surface area contributed by atoms with Crippen LogP contribution < -0.4 is 0 Å². The smallest absolute Gasteiger partial charge is 0.191 e. The number of hydrogen-bond acceptors (Lipinski definition) is 2. The van der Waals surface area contributed by atoms with Crippen LogP contribution in [0.15, 0.2) is 55.1 Å². The second-order valence-electron chi connectivity index (χ2n) is 8.94. The molecule has 0 aliphatic heterocycles. The highest BCUT2D eigenvalue weighted by atomic mass is 28.4. The van der Waals surface area contributed by atoms with Gasteiger partial charge in [-0.1, -0.05) is 75.9 Å². The van der Waals surface area contributed by atoms with Crippen LogP contribution in [0.4, 0.5) is 0 Å². The topological polar surface area (TPSA) is 29.5 Å². The molecule has 3 heteroatoms. The summed E-state index contributed by atoms with van der Waals surface area (Å²) < 4.78 is 6.42. The largest absolute Gasteiger partial charge is 0.417 e. The van der Waals surface area contributed by atoms with Gasteiger partial charge in [0.2, 0.25) is 0 Å². The quantitative estimate of drug-likeness (QED) is 0.515. The van der Waals surface area contributed by atoms with E-state index in [1.807, 2.05) is 12.1 Å². The highest BCUT2D eigenvalue weighted by Crippen LogP contribution is 2.48. The molecule has 0 radical (unpaired) electrons. The molecule has 0 saturated carbocycles. The molecular formula is C22H34O2Si. The van der Waals surface area contributed by atoms with Crippen LogP contribution in [0.2, 0.25) is 18.1 Å². The van der Waals surface area contributed by atoms with E-state index >= 15 is 0 Å². The monoisotopic (exact) mass is 358 g/mol. The highest BCUT2D eigenvalue weighted by Gasteiger charge is 2.49. The Labute approximate surface area is 154 Å². The predicted octanol–water partition coefficient (Wildman–Crippen LogP) is 5.50. The molecule has 0 amide bonds. The van der Waals surface area contributed by atoms with Gasteiger partial charge in [0.25, 0.3) is 0 Å². The molecule has 1 aromatic rings. The fraction of sp³-hybridized carbons (Fsp3) is 0.545. The Bertz CT molecular complexity index is 615. The van der Waals surface area contributed by atoms with Crippen LogP contribution in [-0.4, -0.2) is 25.6 Å². The summed E-state index contributed by atoms with van der Waals surface area (Å²) in [5, 5.41) is 11.4. The van der Waals surface area contributed by atoms with Crippen LogP contribution in [0.3, 0.4) is 0 Å². The van der Waals surface area contributed by atoms with Gasteiger partial charge in [-0.25, -0.2) is 0 Å². The van der Waals surface area contributed by atoms with E-state index in [1.54, 1.807) is 6.08 Å². The highest BCUT2D eigenvalue weighted by molar-refractivity contribution is 6.74. The molecule has 0 unspecified atom stereocenters. The molecule has 25 heavy (non-hydrogen) atoms. The number of allylic oxidation sites excluding steroid dienone is 1. The zero-order chi connectivity index (χ0) is 18.8. The van der Waals surface area contributed by atoms with Gasteiger partial charge >= 0.3 is 0 Å². The van der Waals surface area contributed by atoms with Crippen molar-refractivity contribution in [3.8, 4) is 0 Å². The normalized spacial score (nSPS) is 26.8. The molecule has 1 aromatic carbocycles. The standard InChI is InChI=1S/C22H34O2Si/c1-7-22(23)15-11-14-21(22,18-19-12-9-8-10-13-19)16-17-24-25(5,6)20(2,3)4/h7-13,15,23H,1,14,16-18H2,2-6H3/t21-,22-/m1/s1. The van der Waals surface area contributed by atoms with Gasteiger partial charge in [0.1, 0.15) is 5.60 Å². The van der Waals surface area contributed by atoms with E-state index in [2.05, 4.69) is 70.8 Å². The van der Waals surface area contributed by atoms with Crippen molar-refractivity contribution < 1.29 is 9.53 Å². The van der Waals surface area contributed by atoms with Crippen molar-refractivity contribution in [3.63, 3.8) is 0 Å². The van der Waals surface area contributed by atoms with E-state index in [1.165, 1.54) is 5.56 Å². The van der Waals surface area contributed by atoms with Crippen molar-refractivity contribution >= 4 is 8.32 Å². The van der Waals surface area contributed by atoms with Crippen molar-refractivity contribution in [3.05, 3.63) is 60.7 Å². The number of hydrogen-bond donors (Lipinski definition) is 1. The summed E-state index contributed by atoms with van der Waals surface area (Å²) in [6.07, 6.45) is 8.21. The second kappa shape index (κ2) is 7.22. The first-order valence-electron chi connectivity index (χ1n) is 9.27. The molecule has 0 saturated heterocycles. The fourth-order valence-corrected chi connectivity index (χ4v) is 4.44. The van der Waals surface area contributed by atoms with Gasteiger partial charge in [-0.05, 0) is 43.0 Å². The third kappa shape index (κ3) is 4.16. The van der Waals surface area contributed by atoms with E-state index < -0.39 is 13.9 Å². The van der Waals surface area contributed by atoms with Crippen LogP contribution in [-0.2, 0) is 10.8 Å². The van der Waals surface area contributed by atoms with Crippen molar-refractivity contribution in [2.75, 3.05) is 6.61 Å². The van der Waals surface area contributed by atoms with Crippen LogP contribution in [0.25, 0.3) is 0 Å². The third-order valence-electron chi connectivity index (χ3n) is 6.28. The van der Waals surface area contributed by atoms with Crippen molar-refractivity contribution in [2.24, 2.45) is 5.41 Å². The maximum absolute atomic E-state index is 11.2. The van der Waals surface area contributed by atoms with Gasteiger partial charge in [-0.2, -0.15) is 0 Å². The minimum atomic E-state index is -1.79. The van der Waals surface area contributed by atoms with E-state index in [0.29, 0.717) is 6.61 Å². The summed E-state index contributed by atoms with van der Waals surface area (Å²) in [5.41, 5.74) is -0.00299. The lowest BCUT2D eigenvalue weighted by Gasteiger charge is -2.43. The summed E-state index contributed by atoms with van der Waals surface area (Å²) in [6, 6.07) is 10.4. The molecule has 1 N–H and O–H groups in total.